The number of carbonyl (C=O) groups excluding carboxylic acids is 1. The predicted octanol–water partition coefficient (Wildman–Crippen LogP) is 8.77. The van der Waals surface area contributed by atoms with Crippen LogP contribution in [-0.4, -0.2) is 23.1 Å². The van der Waals surface area contributed by atoms with Crippen molar-refractivity contribution in [2.75, 3.05) is 0 Å². The Labute approximate surface area is 198 Å². The summed E-state index contributed by atoms with van der Waals surface area (Å²) in [4.78, 5) is 22.3. The summed E-state index contributed by atoms with van der Waals surface area (Å²) in [5.74, 6) is -0.941. The molecule has 0 amide bonds. The highest BCUT2D eigenvalue weighted by Crippen LogP contribution is 2.13. The van der Waals surface area contributed by atoms with Crippen molar-refractivity contribution in [1.82, 2.24) is 0 Å². The van der Waals surface area contributed by atoms with E-state index in [1.54, 1.807) is 0 Å². The van der Waals surface area contributed by atoms with Crippen LogP contribution in [0, 0.1) is 0 Å². The summed E-state index contributed by atoms with van der Waals surface area (Å²) < 4.78 is 5.33. The van der Waals surface area contributed by atoms with Gasteiger partial charge >= 0.3 is 11.9 Å². The molecule has 0 saturated heterocycles. The molecule has 0 aliphatic heterocycles. The van der Waals surface area contributed by atoms with E-state index in [4.69, 9.17) is 9.84 Å². The molecule has 0 bridgehead atoms. The van der Waals surface area contributed by atoms with Gasteiger partial charge in [0.25, 0.3) is 0 Å². The summed E-state index contributed by atoms with van der Waals surface area (Å²) in [6, 6.07) is 0. The lowest BCUT2D eigenvalue weighted by Crippen LogP contribution is -2.15. The summed E-state index contributed by atoms with van der Waals surface area (Å²) in [5.41, 5.74) is 0. The SMILES string of the molecule is CCCCCCCC/C=C\CCCCCCCCCCCC(=O)OC(C)CCCC(=O)O. The zero-order valence-electron chi connectivity index (χ0n) is 21.3. The fourth-order valence-corrected chi connectivity index (χ4v) is 3.93. The van der Waals surface area contributed by atoms with Crippen molar-refractivity contribution in [2.24, 2.45) is 0 Å². The van der Waals surface area contributed by atoms with Crippen molar-refractivity contribution in [2.45, 2.75) is 155 Å². The molecule has 0 spiro atoms. The van der Waals surface area contributed by atoms with Crippen LogP contribution in [-0.2, 0) is 14.3 Å². The normalized spacial score (nSPS) is 12.3. The van der Waals surface area contributed by atoms with Crippen molar-refractivity contribution in [3.8, 4) is 0 Å². The first kappa shape index (κ1) is 30.7. The Balaban J connectivity index is 3.28. The fraction of sp³-hybridized carbons (Fsp3) is 0.857. The largest absolute Gasteiger partial charge is 0.481 e. The van der Waals surface area contributed by atoms with Gasteiger partial charge in [-0.05, 0) is 51.9 Å². The number of carboxylic acid groups (broad SMARTS) is 1. The van der Waals surface area contributed by atoms with Crippen LogP contribution in [0.15, 0.2) is 12.2 Å². The molecule has 1 atom stereocenters. The van der Waals surface area contributed by atoms with Gasteiger partial charge in [0, 0.05) is 12.8 Å². The molecule has 0 fully saturated rings. The molecular formula is C28H52O4. The summed E-state index contributed by atoms with van der Waals surface area (Å²) in [6.45, 7) is 4.11. The van der Waals surface area contributed by atoms with Crippen LogP contribution in [0.4, 0.5) is 0 Å². The highest BCUT2D eigenvalue weighted by atomic mass is 16.5. The molecule has 0 aromatic rings. The molecule has 0 saturated carbocycles. The molecule has 0 aromatic heterocycles. The average Bonchev–Trinajstić information content (AvgIpc) is 2.75. The van der Waals surface area contributed by atoms with Crippen LogP contribution in [0.1, 0.15) is 149 Å². The third-order valence-corrected chi connectivity index (χ3v) is 5.98. The van der Waals surface area contributed by atoms with Gasteiger partial charge in [-0.1, -0.05) is 96.1 Å². The van der Waals surface area contributed by atoms with E-state index in [-0.39, 0.29) is 18.5 Å². The number of carbonyl (C=O) groups is 2. The maximum Gasteiger partial charge on any atom is 0.306 e. The van der Waals surface area contributed by atoms with Gasteiger partial charge in [0.15, 0.2) is 0 Å². The van der Waals surface area contributed by atoms with Crippen molar-refractivity contribution >= 4 is 11.9 Å². The van der Waals surface area contributed by atoms with Crippen LogP contribution in [0.25, 0.3) is 0 Å². The maximum atomic E-state index is 11.8. The van der Waals surface area contributed by atoms with E-state index in [9.17, 15) is 9.59 Å². The third-order valence-electron chi connectivity index (χ3n) is 5.98. The first-order valence-corrected chi connectivity index (χ1v) is 13.6. The summed E-state index contributed by atoms with van der Waals surface area (Å²) in [5, 5.41) is 8.62. The van der Waals surface area contributed by atoms with Crippen LogP contribution in [0.2, 0.25) is 0 Å². The minimum atomic E-state index is -0.797. The highest BCUT2D eigenvalue weighted by molar-refractivity contribution is 5.69. The van der Waals surface area contributed by atoms with E-state index in [0.29, 0.717) is 19.3 Å². The van der Waals surface area contributed by atoms with Crippen LogP contribution < -0.4 is 0 Å². The van der Waals surface area contributed by atoms with Gasteiger partial charge in [-0.2, -0.15) is 0 Å². The van der Waals surface area contributed by atoms with Crippen molar-refractivity contribution < 1.29 is 19.4 Å². The highest BCUT2D eigenvalue weighted by Gasteiger charge is 2.10. The smallest absolute Gasteiger partial charge is 0.306 e. The minimum Gasteiger partial charge on any atom is -0.481 e. The van der Waals surface area contributed by atoms with Gasteiger partial charge in [0.1, 0.15) is 0 Å². The lowest BCUT2D eigenvalue weighted by atomic mass is 10.1. The van der Waals surface area contributed by atoms with E-state index in [0.717, 1.165) is 12.8 Å². The van der Waals surface area contributed by atoms with E-state index in [1.165, 1.54) is 96.3 Å². The van der Waals surface area contributed by atoms with Crippen LogP contribution in [0.5, 0.6) is 0 Å². The molecule has 0 aliphatic rings. The topological polar surface area (TPSA) is 63.6 Å². The molecule has 0 aliphatic carbocycles. The first-order valence-electron chi connectivity index (χ1n) is 13.6. The van der Waals surface area contributed by atoms with Gasteiger partial charge in [-0.25, -0.2) is 0 Å². The predicted molar refractivity (Wildman–Crippen MR) is 135 cm³/mol. The minimum absolute atomic E-state index is 0.137. The monoisotopic (exact) mass is 452 g/mol. The molecule has 1 N–H and O–H groups in total. The van der Waals surface area contributed by atoms with Gasteiger partial charge in [-0.3, -0.25) is 9.59 Å². The van der Waals surface area contributed by atoms with Crippen molar-refractivity contribution in [3.05, 3.63) is 12.2 Å². The lowest BCUT2D eigenvalue weighted by molar-refractivity contribution is -0.148. The number of aliphatic carboxylic acids is 1. The van der Waals surface area contributed by atoms with Crippen molar-refractivity contribution in [1.29, 1.82) is 0 Å². The number of unbranched alkanes of at least 4 members (excludes halogenated alkanes) is 15. The van der Waals surface area contributed by atoms with Crippen LogP contribution in [0.3, 0.4) is 0 Å². The van der Waals surface area contributed by atoms with Gasteiger partial charge in [0.2, 0.25) is 0 Å². The second-order valence-electron chi connectivity index (χ2n) is 9.33. The maximum absolute atomic E-state index is 11.8. The van der Waals surface area contributed by atoms with Gasteiger partial charge in [-0.15, -0.1) is 0 Å². The van der Waals surface area contributed by atoms with Gasteiger partial charge in [0.05, 0.1) is 6.10 Å². The van der Waals surface area contributed by atoms with Crippen LogP contribution >= 0.6 is 0 Å². The summed E-state index contributed by atoms with van der Waals surface area (Å²) in [7, 11) is 0. The second kappa shape index (κ2) is 24.3. The van der Waals surface area contributed by atoms with E-state index in [2.05, 4.69) is 19.1 Å². The summed E-state index contributed by atoms with van der Waals surface area (Å²) in [6.07, 6.45) is 28.3. The fourth-order valence-electron chi connectivity index (χ4n) is 3.93. The zero-order chi connectivity index (χ0) is 23.7. The molecule has 188 valence electrons. The third kappa shape index (κ3) is 24.9. The number of carboxylic acids is 1. The molecule has 0 aromatic carbocycles. The Bertz CT molecular complexity index is 458. The molecule has 4 nitrogen and oxygen atoms in total. The van der Waals surface area contributed by atoms with E-state index < -0.39 is 5.97 Å². The Morgan fingerprint density at radius 2 is 1.16 bits per heavy atom. The molecule has 4 heteroatoms. The molecule has 0 radical (unpaired) electrons. The van der Waals surface area contributed by atoms with E-state index >= 15 is 0 Å². The second-order valence-corrected chi connectivity index (χ2v) is 9.33. The number of hydrogen-bond acceptors (Lipinski definition) is 3. The van der Waals surface area contributed by atoms with Gasteiger partial charge < -0.3 is 9.84 Å². The first-order chi connectivity index (χ1) is 15.6. The molecule has 0 heterocycles. The zero-order valence-corrected chi connectivity index (χ0v) is 21.3. The molecule has 1 unspecified atom stereocenters. The standard InChI is InChI=1S/C28H52O4/c1-3-4-5-6-7-8-9-10-11-12-13-14-15-16-17-18-19-20-21-25-28(31)32-26(2)23-22-24-27(29)30/h10-11,26H,3-9,12-25H2,1-2H3,(H,29,30)/b11-10-. The number of hydrogen-bond donors (Lipinski definition) is 1. The summed E-state index contributed by atoms with van der Waals surface area (Å²) >= 11 is 0. The molecule has 0 rings (SSSR count). The quantitative estimate of drug-likeness (QED) is 0.0902. The number of rotatable bonds is 24. The molecule has 32 heavy (non-hydrogen) atoms. The number of allylic oxidation sites excluding steroid dienone is 2. The number of esters is 1. The Morgan fingerprint density at radius 3 is 1.66 bits per heavy atom. The average molecular weight is 453 g/mol. The van der Waals surface area contributed by atoms with Crippen molar-refractivity contribution in [3.63, 3.8) is 0 Å². The Kier molecular flexibility index (Phi) is 23.3. The lowest BCUT2D eigenvalue weighted by Gasteiger charge is -2.12. The Morgan fingerprint density at radius 1 is 0.688 bits per heavy atom. The van der Waals surface area contributed by atoms with E-state index in [1.807, 2.05) is 6.92 Å². The Hall–Kier alpha value is -1.32. The molecular weight excluding hydrogens is 400 g/mol. The number of ether oxygens (including phenoxy) is 1.